The number of carbonyl (C=O) groups excluding carboxylic acids is 2. The molecule has 6 nitrogen and oxygen atoms in total. The molecule has 0 aliphatic carbocycles. The van der Waals surface area contributed by atoms with Crippen molar-refractivity contribution in [1.29, 1.82) is 0 Å². The van der Waals surface area contributed by atoms with Gasteiger partial charge in [0.2, 0.25) is 0 Å². The fourth-order valence-electron chi connectivity index (χ4n) is 3.64. The van der Waals surface area contributed by atoms with Crippen molar-refractivity contribution in [2.24, 2.45) is 0 Å². The fraction of sp³-hybridized carbons (Fsp3) is 0.600. The van der Waals surface area contributed by atoms with Gasteiger partial charge in [0, 0.05) is 17.8 Å². The molecule has 1 fully saturated rings. The standard InChI is InChI=1S/C20H28F3N3O3/c1-13-6-5-7-14(2)26(13)19(28)15(3)25(4)12-18(27)24-16-8-10-17(11-9-16)29-20(21,22)23/h8-11,13-15H,5-7,12H2,1-4H3,(H,24,27)/p+1/t13-,14-,15-/m1/s1. The van der Waals surface area contributed by atoms with Crippen molar-refractivity contribution < 1.29 is 32.4 Å². The van der Waals surface area contributed by atoms with Crippen molar-refractivity contribution in [2.45, 2.75) is 64.5 Å². The number of piperidine rings is 1. The molecule has 1 aromatic carbocycles. The monoisotopic (exact) mass is 416 g/mol. The first-order valence-electron chi connectivity index (χ1n) is 9.78. The number of likely N-dealkylation sites (N-methyl/N-ethyl adjacent to an activating group) is 1. The zero-order chi connectivity index (χ0) is 21.8. The highest BCUT2D eigenvalue weighted by Gasteiger charge is 2.35. The van der Waals surface area contributed by atoms with Crippen LogP contribution in [0.25, 0.3) is 0 Å². The lowest BCUT2D eigenvalue weighted by Gasteiger charge is -2.40. The number of ether oxygens (including phenoxy) is 1. The van der Waals surface area contributed by atoms with Crippen molar-refractivity contribution in [2.75, 3.05) is 18.9 Å². The molecule has 0 radical (unpaired) electrons. The molecule has 4 atom stereocenters. The molecule has 0 aromatic heterocycles. The highest BCUT2D eigenvalue weighted by atomic mass is 19.4. The molecular formula is C20H29F3N3O3+. The molecular weight excluding hydrogens is 387 g/mol. The number of hydrogen-bond donors (Lipinski definition) is 2. The molecule has 1 aliphatic rings. The van der Waals surface area contributed by atoms with Crippen molar-refractivity contribution in [3.05, 3.63) is 24.3 Å². The number of quaternary nitrogens is 1. The molecule has 0 saturated carbocycles. The molecule has 0 bridgehead atoms. The van der Waals surface area contributed by atoms with Crippen LogP contribution in [0.4, 0.5) is 18.9 Å². The van der Waals surface area contributed by atoms with Gasteiger partial charge in [-0.15, -0.1) is 13.2 Å². The molecule has 2 amide bonds. The molecule has 1 saturated heterocycles. The minimum absolute atomic E-state index is 0.0312. The molecule has 0 spiro atoms. The Balaban J connectivity index is 1.90. The number of benzene rings is 1. The first kappa shape index (κ1) is 23.0. The highest BCUT2D eigenvalue weighted by Crippen LogP contribution is 2.24. The number of hydrogen-bond acceptors (Lipinski definition) is 3. The molecule has 29 heavy (non-hydrogen) atoms. The second-order valence-electron chi connectivity index (χ2n) is 7.74. The third-order valence-electron chi connectivity index (χ3n) is 5.37. The SMILES string of the molecule is C[C@@H]1CCC[C@@H](C)N1C(=O)[C@@H](C)[NH+](C)CC(=O)Nc1ccc(OC(F)(F)F)cc1. The maximum Gasteiger partial charge on any atom is 0.573 e. The van der Waals surface area contributed by atoms with E-state index in [0.29, 0.717) is 5.69 Å². The third-order valence-corrected chi connectivity index (χ3v) is 5.37. The van der Waals surface area contributed by atoms with Gasteiger partial charge in [0.15, 0.2) is 12.6 Å². The van der Waals surface area contributed by atoms with Gasteiger partial charge in [-0.25, -0.2) is 0 Å². The van der Waals surface area contributed by atoms with Crippen LogP contribution >= 0.6 is 0 Å². The Morgan fingerprint density at radius 1 is 1.21 bits per heavy atom. The number of rotatable bonds is 6. The topological polar surface area (TPSA) is 63.1 Å². The summed E-state index contributed by atoms with van der Waals surface area (Å²) in [6.07, 6.45) is -1.69. The summed E-state index contributed by atoms with van der Waals surface area (Å²) in [6, 6.07) is 4.92. The zero-order valence-corrected chi connectivity index (χ0v) is 17.2. The van der Waals surface area contributed by atoms with Gasteiger partial charge in [0.25, 0.3) is 11.8 Å². The van der Waals surface area contributed by atoms with Gasteiger partial charge in [-0.3, -0.25) is 9.59 Å². The quantitative estimate of drug-likeness (QED) is 0.748. The fourth-order valence-corrected chi connectivity index (χ4v) is 3.64. The van der Waals surface area contributed by atoms with Crippen LogP contribution in [-0.2, 0) is 9.59 Å². The van der Waals surface area contributed by atoms with Gasteiger partial charge in [0.1, 0.15) is 5.75 Å². The first-order chi connectivity index (χ1) is 13.5. The van der Waals surface area contributed by atoms with E-state index >= 15 is 0 Å². The Kier molecular flexibility index (Phi) is 7.51. The Morgan fingerprint density at radius 3 is 2.28 bits per heavy atom. The van der Waals surface area contributed by atoms with Gasteiger partial charge in [0.05, 0.1) is 7.05 Å². The van der Waals surface area contributed by atoms with E-state index in [1.165, 1.54) is 12.1 Å². The van der Waals surface area contributed by atoms with Gasteiger partial charge < -0.3 is 19.9 Å². The lowest BCUT2D eigenvalue weighted by Crippen LogP contribution is -3.15. The summed E-state index contributed by atoms with van der Waals surface area (Å²) < 4.78 is 40.4. The summed E-state index contributed by atoms with van der Waals surface area (Å²) in [6.45, 7) is 5.97. The summed E-state index contributed by atoms with van der Waals surface area (Å²) in [5, 5.41) is 2.63. The van der Waals surface area contributed by atoms with Crippen LogP contribution in [0.3, 0.4) is 0 Å². The Bertz CT molecular complexity index is 699. The molecule has 2 rings (SSSR count). The van der Waals surface area contributed by atoms with Gasteiger partial charge in [-0.1, -0.05) is 0 Å². The van der Waals surface area contributed by atoms with E-state index in [1.807, 2.05) is 11.8 Å². The number of nitrogens with one attached hydrogen (secondary N) is 2. The molecule has 1 heterocycles. The van der Waals surface area contributed by atoms with Gasteiger partial charge in [-0.05, 0) is 64.3 Å². The van der Waals surface area contributed by atoms with Crippen LogP contribution in [-0.4, -0.2) is 54.8 Å². The maximum absolute atomic E-state index is 12.9. The third kappa shape index (κ3) is 6.62. The van der Waals surface area contributed by atoms with Crippen LogP contribution < -0.4 is 15.0 Å². The molecule has 2 N–H and O–H groups in total. The van der Waals surface area contributed by atoms with Crippen LogP contribution in [0, 0.1) is 0 Å². The van der Waals surface area contributed by atoms with Crippen molar-refractivity contribution in [3.63, 3.8) is 0 Å². The van der Waals surface area contributed by atoms with Gasteiger partial charge >= 0.3 is 6.36 Å². The second kappa shape index (κ2) is 9.47. The van der Waals surface area contributed by atoms with E-state index in [-0.39, 0.29) is 42.2 Å². The Labute approximate surface area is 169 Å². The molecule has 9 heteroatoms. The Morgan fingerprint density at radius 2 is 1.76 bits per heavy atom. The lowest BCUT2D eigenvalue weighted by atomic mass is 9.96. The number of alkyl halides is 3. The summed E-state index contributed by atoms with van der Waals surface area (Å²) >= 11 is 0. The largest absolute Gasteiger partial charge is 0.573 e. The molecule has 162 valence electrons. The Hall–Kier alpha value is -2.29. The molecule has 1 unspecified atom stereocenters. The van der Waals surface area contributed by atoms with Crippen molar-refractivity contribution in [1.82, 2.24) is 4.90 Å². The number of halogens is 3. The number of amides is 2. The number of carbonyl (C=O) groups is 2. The van der Waals surface area contributed by atoms with Crippen molar-refractivity contribution >= 4 is 17.5 Å². The second-order valence-corrected chi connectivity index (χ2v) is 7.74. The van der Waals surface area contributed by atoms with Crippen molar-refractivity contribution in [3.8, 4) is 5.75 Å². The zero-order valence-electron chi connectivity index (χ0n) is 17.2. The number of nitrogens with zero attached hydrogens (tertiary/aromatic N) is 1. The normalized spacial score (nSPS) is 22.0. The van der Waals surface area contributed by atoms with E-state index in [9.17, 15) is 22.8 Å². The predicted octanol–water partition coefficient (Wildman–Crippen LogP) is 2.22. The summed E-state index contributed by atoms with van der Waals surface area (Å²) in [7, 11) is 1.78. The maximum atomic E-state index is 12.9. The average molecular weight is 416 g/mol. The molecule has 1 aliphatic heterocycles. The molecule has 1 aromatic rings. The van der Waals surface area contributed by atoms with Crippen LogP contribution in [0.2, 0.25) is 0 Å². The van der Waals surface area contributed by atoms with E-state index in [2.05, 4.69) is 23.9 Å². The smallest absolute Gasteiger partial charge is 0.406 e. The number of anilines is 1. The lowest BCUT2D eigenvalue weighted by molar-refractivity contribution is -0.886. The predicted molar refractivity (Wildman–Crippen MR) is 103 cm³/mol. The van der Waals surface area contributed by atoms with Crippen LogP contribution in [0.15, 0.2) is 24.3 Å². The summed E-state index contributed by atoms with van der Waals surface area (Å²) in [4.78, 5) is 27.9. The summed E-state index contributed by atoms with van der Waals surface area (Å²) in [5.74, 6) is -0.655. The van der Waals surface area contributed by atoms with Crippen LogP contribution in [0.1, 0.15) is 40.0 Å². The van der Waals surface area contributed by atoms with E-state index in [1.54, 1.807) is 7.05 Å². The van der Waals surface area contributed by atoms with Crippen LogP contribution in [0.5, 0.6) is 5.75 Å². The minimum Gasteiger partial charge on any atom is -0.406 e. The van der Waals surface area contributed by atoms with E-state index in [4.69, 9.17) is 0 Å². The minimum atomic E-state index is -4.76. The average Bonchev–Trinajstić information content (AvgIpc) is 2.61. The highest BCUT2D eigenvalue weighted by molar-refractivity contribution is 5.91. The first-order valence-corrected chi connectivity index (χ1v) is 9.78. The van der Waals surface area contributed by atoms with E-state index in [0.717, 1.165) is 36.3 Å². The summed E-state index contributed by atoms with van der Waals surface area (Å²) in [5.41, 5.74) is 0.356. The number of likely N-dealkylation sites (tertiary alicyclic amines) is 1. The van der Waals surface area contributed by atoms with E-state index < -0.39 is 6.36 Å². The van der Waals surface area contributed by atoms with Gasteiger partial charge in [-0.2, -0.15) is 0 Å².